The smallest absolute Gasteiger partial charge is 0.335 e. The second-order valence-corrected chi connectivity index (χ2v) is 6.84. The third-order valence-electron chi connectivity index (χ3n) is 4.73. The number of fused-ring (bicyclic) bond motifs is 1. The number of halogens is 1. The third-order valence-corrected chi connectivity index (χ3v) is 5.10. The molecule has 6 nitrogen and oxygen atoms in total. The molecule has 2 heterocycles. The molecule has 1 aromatic heterocycles. The molecular formula is C20H16ClN3O3. The summed E-state index contributed by atoms with van der Waals surface area (Å²) in [6.45, 7) is 0.444. The lowest BCUT2D eigenvalue weighted by Gasteiger charge is -2.24. The fourth-order valence-corrected chi connectivity index (χ4v) is 3.53. The predicted molar refractivity (Wildman–Crippen MR) is 101 cm³/mol. The van der Waals surface area contributed by atoms with Gasteiger partial charge in [0.25, 0.3) is 0 Å². The van der Waals surface area contributed by atoms with Crippen molar-refractivity contribution < 1.29 is 14.7 Å². The van der Waals surface area contributed by atoms with Gasteiger partial charge in [0.15, 0.2) is 0 Å². The standard InChI is InChI=1S/C20H16ClN3O3/c21-17-4-2-1-3-14(17)11-24-19-16(10-22-24)15(9-18(25)23-19)12-5-7-13(8-6-12)20(26)27/h1-8,10,15H,9,11H2,(H,23,25)(H,26,27). The van der Waals surface area contributed by atoms with Crippen LogP contribution in [-0.4, -0.2) is 26.8 Å². The summed E-state index contributed by atoms with van der Waals surface area (Å²) in [6, 6.07) is 14.1. The average molecular weight is 382 g/mol. The number of carboxylic acid groups (broad SMARTS) is 1. The Bertz CT molecular complexity index is 1030. The molecule has 0 saturated carbocycles. The van der Waals surface area contributed by atoms with Gasteiger partial charge < -0.3 is 10.4 Å². The molecule has 1 aliphatic heterocycles. The summed E-state index contributed by atoms with van der Waals surface area (Å²) in [5.74, 6) is -0.595. The Labute approximate surface area is 160 Å². The van der Waals surface area contributed by atoms with Crippen LogP contribution in [0.5, 0.6) is 0 Å². The Hall–Kier alpha value is -3.12. The van der Waals surface area contributed by atoms with Gasteiger partial charge in [-0.3, -0.25) is 4.79 Å². The first-order valence-corrected chi connectivity index (χ1v) is 8.83. The quantitative estimate of drug-likeness (QED) is 0.720. The number of anilines is 1. The van der Waals surface area contributed by atoms with Crippen molar-refractivity contribution in [1.82, 2.24) is 9.78 Å². The zero-order valence-corrected chi connectivity index (χ0v) is 15.0. The number of nitrogens with zero attached hydrogens (tertiary/aromatic N) is 2. The number of benzene rings is 2. The van der Waals surface area contributed by atoms with Gasteiger partial charge in [-0.2, -0.15) is 5.10 Å². The second kappa shape index (κ2) is 6.89. The van der Waals surface area contributed by atoms with Crippen molar-refractivity contribution in [1.29, 1.82) is 0 Å². The Morgan fingerprint density at radius 3 is 2.67 bits per heavy atom. The number of nitrogens with one attached hydrogen (secondary N) is 1. The lowest BCUT2D eigenvalue weighted by atomic mass is 9.87. The number of hydrogen-bond acceptors (Lipinski definition) is 3. The van der Waals surface area contributed by atoms with E-state index in [1.54, 1.807) is 35.1 Å². The lowest BCUT2D eigenvalue weighted by molar-refractivity contribution is -0.116. The van der Waals surface area contributed by atoms with Crippen molar-refractivity contribution in [2.75, 3.05) is 5.32 Å². The molecule has 2 N–H and O–H groups in total. The summed E-state index contributed by atoms with van der Waals surface area (Å²) in [6.07, 6.45) is 2.04. The minimum atomic E-state index is -0.976. The Morgan fingerprint density at radius 1 is 1.22 bits per heavy atom. The van der Waals surface area contributed by atoms with E-state index in [0.29, 0.717) is 17.4 Å². The average Bonchev–Trinajstić information content (AvgIpc) is 3.05. The molecule has 0 aliphatic carbocycles. The molecule has 1 amide bonds. The fourth-order valence-electron chi connectivity index (χ4n) is 3.33. The maximum Gasteiger partial charge on any atom is 0.335 e. The molecule has 0 bridgehead atoms. The number of carbonyl (C=O) groups is 2. The molecule has 0 fully saturated rings. The molecular weight excluding hydrogens is 366 g/mol. The summed E-state index contributed by atoms with van der Waals surface area (Å²) in [5, 5.41) is 17.0. The molecule has 1 aliphatic rings. The number of hydrogen-bond donors (Lipinski definition) is 2. The maximum absolute atomic E-state index is 12.3. The van der Waals surface area contributed by atoms with E-state index in [0.717, 1.165) is 16.7 Å². The van der Waals surface area contributed by atoms with Crippen LogP contribution in [0.4, 0.5) is 5.82 Å². The van der Waals surface area contributed by atoms with Gasteiger partial charge in [-0.05, 0) is 29.3 Å². The molecule has 1 atom stereocenters. The second-order valence-electron chi connectivity index (χ2n) is 6.43. The van der Waals surface area contributed by atoms with Gasteiger partial charge in [0.1, 0.15) is 5.82 Å². The molecule has 27 heavy (non-hydrogen) atoms. The fraction of sp³-hybridized carbons (Fsp3) is 0.150. The van der Waals surface area contributed by atoms with Gasteiger partial charge in [-0.25, -0.2) is 9.48 Å². The summed E-state index contributed by atoms with van der Waals surface area (Å²) in [5.41, 5.74) is 2.92. The summed E-state index contributed by atoms with van der Waals surface area (Å²) >= 11 is 6.24. The van der Waals surface area contributed by atoms with Crippen LogP contribution in [0.1, 0.15) is 39.4 Å². The number of aromatic carboxylic acids is 1. The first-order chi connectivity index (χ1) is 13.0. The Morgan fingerprint density at radius 2 is 1.96 bits per heavy atom. The van der Waals surface area contributed by atoms with Crippen molar-refractivity contribution in [3.8, 4) is 0 Å². The molecule has 3 aromatic rings. The van der Waals surface area contributed by atoms with Crippen LogP contribution in [0.2, 0.25) is 5.02 Å². The minimum absolute atomic E-state index is 0.101. The van der Waals surface area contributed by atoms with Crippen LogP contribution >= 0.6 is 11.6 Å². The summed E-state index contributed by atoms with van der Waals surface area (Å²) in [7, 11) is 0. The molecule has 136 valence electrons. The van der Waals surface area contributed by atoms with Crippen molar-refractivity contribution in [3.05, 3.63) is 82.0 Å². The van der Waals surface area contributed by atoms with E-state index in [1.807, 2.05) is 24.3 Å². The van der Waals surface area contributed by atoms with E-state index < -0.39 is 5.97 Å². The van der Waals surface area contributed by atoms with Gasteiger partial charge in [0.05, 0.1) is 18.3 Å². The largest absolute Gasteiger partial charge is 0.478 e. The van der Waals surface area contributed by atoms with E-state index in [-0.39, 0.29) is 23.8 Å². The Balaban J connectivity index is 1.69. The highest BCUT2D eigenvalue weighted by Crippen LogP contribution is 2.37. The summed E-state index contributed by atoms with van der Waals surface area (Å²) < 4.78 is 1.73. The van der Waals surface area contributed by atoms with E-state index >= 15 is 0 Å². The topological polar surface area (TPSA) is 84.2 Å². The molecule has 0 radical (unpaired) electrons. The zero-order valence-electron chi connectivity index (χ0n) is 14.2. The van der Waals surface area contributed by atoms with Crippen molar-refractivity contribution >= 4 is 29.3 Å². The van der Waals surface area contributed by atoms with Gasteiger partial charge in [0, 0.05) is 22.9 Å². The van der Waals surface area contributed by atoms with E-state index in [2.05, 4.69) is 10.4 Å². The summed E-state index contributed by atoms with van der Waals surface area (Å²) in [4.78, 5) is 23.3. The number of rotatable bonds is 4. The van der Waals surface area contributed by atoms with Gasteiger partial charge >= 0.3 is 5.97 Å². The molecule has 0 saturated heterocycles. The predicted octanol–water partition coefficient (Wildman–Crippen LogP) is 3.76. The Kier molecular flexibility index (Phi) is 4.41. The van der Waals surface area contributed by atoms with E-state index in [9.17, 15) is 9.59 Å². The van der Waals surface area contributed by atoms with Crippen LogP contribution in [0.15, 0.2) is 54.7 Å². The van der Waals surface area contributed by atoms with Crippen LogP contribution in [0, 0.1) is 0 Å². The highest BCUT2D eigenvalue weighted by Gasteiger charge is 2.30. The van der Waals surface area contributed by atoms with Crippen LogP contribution in [0.25, 0.3) is 0 Å². The number of amides is 1. The molecule has 1 unspecified atom stereocenters. The normalized spacial score (nSPS) is 15.9. The van der Waals surface area contributed by atoms with Gasteiger partial charge in [-0.15, -0.1) is 0 Å². The van der Waals surface area contributed by atoms with Gasteiger partial charge in [0.2, 0.25) is 5.91 Å². The minimum Gasteiger partial charge on any atom is -0.478 e. The highest BCUT2D eigenvalue weighted by molar-refractivity contribution is 6.31. The SMILES string of the molecule is O=C1CC(c2ccc(C(=O)O)cc2)c2cnn(Cc3ccccc3Cl)c2N1. The van der Waals surface area contributed by atoms with Crippen molar-refractivity contribution in [2.45, 2.75) is 18.9 Å². The third kappa shape index (κ3) is 3.31. The zero-order chi connectivity index (χ0) is 19.0. The molecule has 0 spiro atoms. The van der Waals surface area contributed by atoms with Gasteiger partial charge in [-0.1, -0.05) is 41.9 Å². The van der Waals surface area contributed by atoms with E-state index in [1.165, 1.54) is 0 Å². The number of carbonyl (C=O) groups excluding carboxylic acids is 1. The van der Waals surface area contributed by atoms with Crippen LogP contribution in [-0.2, 0) is 11.3 Å². The molecule has 7 heteroatoms. The molecule has 4 rings (SSSR count). The van der Waals surface area contributed by atoms with Crippen LogP contribution < -0.4 is 5.32 Å². The van der Waals surface area contributed by atoms with Crippen molar-refractivity contribution in [2.24, 2.45) is 0 Å². The van der Waals surface area contributed by atoms with Crippen molar-refractivity contribution in [3.63, 3.8) is 0 Å². The highest BCUT2D eigenvalue weighted by atomic mass is 35.5. The monoisotopic (exact) mass is 381 g/mol. The first kappa shape index (κ1) is 17.3. The number of carboxylic acids is 1. The number of aromatic nitrogens is 2. The maximum atomic E-state index is 12.3. The lowest BCUT2D eigenvalue weighted by Crippen LogP contribution is -2.25. The van der Waals surface area contributed by atoms with E-state index in [4.69, 9.17) is 16.7 Å². The van der Waals surface area contributed by atoms with Crippen LogP contribution in [0.3, 0.4) is 0 Å². The molecule has 2 aromatic carbocycles. The first-order valence-electron chi connectivity index (χ1n) is 8.45.